The summed E-state index contributed by atoms with van der Waals surface area (Å²) in [5.74, 6) is 0.849. The van der Waals surface area contributed by atoms with Gasteiger partial charge in [0.05, 0.1) is 0 Å². The highest BCUT2D eigenvalue weighted by molar-refractivity contribution is 9.10. The van der Waals surface area contributed by atoms with E-state index in [1.165, 1.54) is 5.56 Å². The van der Waals surface area contributed by atoms with Gasteiger partial charge in [-0.3, -0.25) is 4.79 Å². The summed E-state index contributed by atoms with van der Waals surface area (Å²) < 4.78 is 1.07. The lowest BCUT2D eigenvalue weighted by molar-refractivity contribution is -0.132. The zero-order chi connectivity index (χ0) is 14.5. The first-order chi connectivity index (χ1) is 9.56. The van der Waals surface area contributed by atoms with Crippen molar-refractivity contribution in [2.24, 2.45) is 11.7 Å². The summed E-state index contributed by atoms with van der Waals surface area (Å²) in [5, 5.41) is 0. The van der Waals surface area contributed by atoms with Crippen LogP contribution >= 0.6 is 28.3 Å². The number of carbonyl (C=O) groups excluding carboxylic acids is 1. The van der Waals surface area contributed by atoms with Crippen LogP contribution in [0, 0.1) is 5.92 Å². The molecule has 1 heterocycles. The van der Waals surface area contributed by atoms with Crippen LogP contribution in [0.2, 0.25) is 0 Å². The van der Waals surface area contributed by atoms with Gasteiger partial charge in [-0.2, -0.15) is 0 Å². The van der Waals surface area contributed by atoms with E-state index in [4.69, 9.17) is 5.73 Å². The molecule has 0 spiro atoms. The predicted molar refractivity (Wildman–Crippen MR) is 92.7 cm³/mol. The summed E-state index contributed by atoms with van der Waals surface area (Å²) in [5.41, 5.74) is 7.14. The molecule has 2 rings (SSSR count). The minimum absolute atomic E-state index is 0. The molecule has 0 bridgehead atoms. The first kappa shape index (κ1) is 18.5. The number of nitrogens with two attached hydrogens (primary N) is 1. The third-order valence-corrected chi connectivity index (χ3v) is 4.71. The van der Waals surface area contributed by atoms with E-state index in [0.29, 0.717) is 12.3 Å². The molecule has 1 atom stereocenters. The molecular weight excluding hydrogens is 352 g/mol. The van der Waals surface area contributed by atoms with Crippen LogP contribution in [-0.4, -0.2) is 29.9 Å². The molecule has 1 aromatic carbocycles. The van der Waals surface area contributed by atoms with Crippen LogP contribution in [-0.2, 0) is 11.2 Å². The van der Waals surface area contributed by atoms with Crippen LogP contribution in [0.15, 0.2) is 28.7 Å². The third kappa shape index (κ3) is 5.61. The van der Waals surface area contributed by atoms with Crippen LogP contribution in [0.25, 0.3) is 0 Å². The molecule has 118 valence electrons. The van der Waals surface area contributed by atoms with Crippen molar-refractivity contribution in [3.8, 4) is 0 Å². The van der Waals surface area contributed by atoms with Crippen molar-refractivity contribution in [2.45, 2.75) is 38.6 Å². The van der Waals surface area contributed by atoms with Gasteiger partial charge >= 0.3 is 0 Å². The van der Waals surface area contributed by atoms with Gasteiger partial charge < -0.3 is 10.6 Å². The first-order valence-corrected chi connectivity index (χ1v) is 8.13. The number of piperidine rings is 1. The van der Waals surface area contributed by atoms with Gasteiger partial charge in [0.15, 0.2) is 0 Å². The molecule has 1 aliphatic rings. The third-order valence-electron chi connectivity index (χ3n) is 4.18. The Balaban J connectivity index is 0.00000220. The van der Waals surface area contributed by atoms with Crippen molar-refractivity contribution in [3.63, 3.8) is 0 Å². The summed E-state index contributed by atoms with van der Waals surface area (Å²) in [7, 11) is 0. The van der Waals surface area contributed by atoms with Crippen molar-refractivity contribution in [2.75, 3.05) is 13.1 Å². The molecule has 1 unspecified atom stereocenters. The average molecular weight is 376 g/mol. The minimum atomic E-state index is 0. The number of amides is 1. The number of likely N-dealkylation sites (tertiary alicyclic amines) is 1. The Bertz CT molecular complexity index is 442. The smallest absolute Gasteiger partial charge is 0.222 e. The normalized spacial score (nSPS) is 17.2. The van der Waals surface area contributed by atoms with E-state index >= 15 is 0 Å². The summed E-state index contributed by atoms with van der Waals surface area (Å²) >= 11 is 3.42. The van der Waals surface area contributed by atoms with E-state index in [-0.39, 0.29) is 24.4 Å². The predicted octanol–water partition coefficient (Wildman–Crippen LogP) is 3.39. The fourth-order valence-corrected chi connectivity index (χ4v) is 3.00. The maximum absolute atomic E-state index is 12.2. The molecule has 3 nitrogen and oxygen atoms in total. The Kier molecular flexibility index (Phi) is 7.71. The van der Waals surface area contributed by atoms with Gasteiger partial charge in [0, 0.05) is 30.0 Å². The molecule has 2 N–H and O–H groups in total. The highest BCUT2D eigenvalue weighted by Crippen LogP contribution is 2.20. The quantitative estimate of drug-likeness (QED) is 0.877. The minimum Gasteiger partial charge on any atom is -0.343 e. The van der Waals surface area contributed by atoms with Crippen LogP contribution in [0.3, 0.4) is 0 Å². The van der Waals surface area contributed by atoms with Crippen molar-refractivity contribution in [1.82, 2.24) is 4.90 Å². The van der Waals surface area contributed by atoms with Gasteiger partial charge in [0.2, 0.25) is 5.91 Å². The van der Waals surface area contributed by atoms with Crippen molar-refractivity contribution in [1.29, 1.82) is 0 Å². The number of nitrogens with zero attached hydrogens (tertiary/aromatic N) is 1. The number of benzene rings is 1. The van der Waals surface area contributed by atoms with Gasteiger partial charge in [-0.15, -0.1) is 12.4 Å². The lowest BCUT2D eigenvalue weighted by Gasteiger charge is -2.33. The van der Waals surface area contributed by atoms with Gasteiger partial charge in [0.25, 0.3) is 0 Å². The Morgan fingerprint density at radius 3 is 2.43 bits per heavy atom. The second-order valence-corrected chi connectivity index (χ2v) is 6.62. The Morgan fingerprint density at radius 2 is 1.90 bits per heavy atom. The zero-order valence-corrected chi connectivity index (χ0v) is 14.8. The fraction of sp³-hybridized carbons (Fsp3) is 0.562. The molecule has 1 amide bonds. The number of hydrogen-bond acceptors (Lipinski definition) is 2. The van der Waals surface area contributed by atoms with Gasteiger partial charge in [0.1, 0.15) is 0 Å². The van der Waals surface area contributed by atoms with Gasteiger partial charge in [-0.05, 0) is 49.8 Å². The molecule has 21 heavy (non-hydrogen) atoms. The highest BCUT2D eigenvalue weighted by atomic mass is 79.9. The lowest BCUT2D eigenvalue weighted by Crippen LogP contribution is -2.42. The molecule has 5 heteroatoms. The Morgan fingerprint density at radius 1 is 1.33 bits per heavy atom. The number of rotatable bonds is 4. The van der Waals surface area contributed by atoms with Gasteiger partial charge in [-0.25, -0.2) is 0 Å². The number of carbonyl (C=O) groups is 1. The Labute approximate surface area is 141 Å². The summed E-state index contributed by atoms with van der Waals surface area (Å²) in [6, 6.07) is 8.43. The van der Waals surface area contributed by atoms with E-state index < -0.39 is 0 Å². The molecule has 0 saturated carbocycles. The fourth-order valence-electron chi connectivity index (χ4n) is 2.74. The molecule has 0 radical (unpaired) electrons. The highest BCUT2D eigenvalue weighted by Gasteiger charge is 2.24. The molecular formula is C16H24BrClN2O. The first-order valence-electron chi connectivity index (χ1n) is 7.34. The Hall–Kier alpha value is -0.580. The van der Waals surface area contributed by atoms with E-state index in [2.05, 4.69) is 35.0 Å². The lowest BCUT2D eigenvalue weighted by atomic mass is 9.91. The average Bonchev–Trinajstić information content (AvgIpc) is 2.46. The van der Waals surface area contributed by atoms with Crippen LogP contribution < -0.4 is 5.73 Å². The molecule has 0 aromatic heterocycles. The summed E-state index contributed by atoms with van der Waals surface area (Å²) in [4.78, 5) is 14.2. The topological polar surface area (TPSA) is 46.3 Å². The van der Waals surface area contributed by atoms with E-state index in [9.17, 15) is 4.79 Å². The summed E-state index contributed by atoms with van der Waals surface area (Å²) in [6.45, 7) is 3.80. The molecule has 0 aliphatic carbocycles. The maximum atomic E-state index is 12.2. The zero-order valence-electron chi connectivity index (χ0n) is 12.4. The molecule has 1 aliphatic heterocycles. The standard InChI is InChI=1S/C16H23BrN2O.ClH/c1-12(18)14-8-10-19(11-9-14)16(20)7-4-13-2-5-15(17)6-3-13;/h2-3,5-6,12,14H,4,7-11,18H2,1H3;1H. The van der Waals surface area contributed by atoms with Crippen LogP contribution in [0.4, 0.5) is 0 Å². The maximum Gasteiger partial charge on any atom is 0.222 e. The van der Waals surface area contributed by atoms with Crippen molar-refractivity contribution >= 4 is 34.2 Å². The largest absolute Gasteiger partial charge is 0.343 e. The summed E-state index contributed by atoms with van der Waals surface area (Å²) in [6.07, 6.45) is 3.51. The number of hydrogen-bond donors (Lipinski definition) is 1. The van der Waals surface area contributed by atoms with Crippen molar-refractivity contribution < 1.29 is 4.79 Å². The van der Waals surface area contributed by atoms with Crippen molar-refractivity contribution in [3.05, 3.63) is 34.3 Å². The molecule has 1 saturated heterocycles. The molecule has 1 aromatic rings. The SMILES string of the molecule is CC(N)C1CCN(C(=O)CCc2ccc(Br)cc2)CC1.Cl. The van der Waals surface area contributed by atoms with E-state index in [1.54, 1.807) is 0 Å². The number of aryl methyl sites for hydroxylation is 1. The second-order valence-electron chi connectivity index (χ2n) is 5.70. The van der Waals surface area contributed by atoms with Gasteiger partial charge in [-0.1, -0.05) is 28.1 Å². The van der Waals surface area contributed by atoms with Crippen LogP contribution in [0.5, 0.6) is 0 Å². The molecule has 1 fully saturated rings. The van der Waals surface area contributed by atoms with Crippen LogP contribution in [0.1, 0.15) is 31.7 Å². The second kappa shape index (κ2) is 8.76. The van der Waals surface area contributed by atoms with E-state index in [0.717, 1.165) is 36.8 Å². The van der Waals surface area contributed by atoms with E-state index in [1.807, 2.05) is 17.0 Å². The number of halogens is 2. The monoisotopic (exact) mass is 374 g/mol.